The maximum Gasteiger partial charge on any atom is 0.0409 e. The van der Waals surface area contributed by atoms with Crippen molar-refractivity contribution in [3.8, 4) is 0 Å². The third-order valence-electron chi connectivity index (χ3n) is 4.98. The van der Waals surface area contributed by atoms with Gasteiger partial charge in [-0.3, -0.25) is 4.90 Å². The van der Waals surface area contributed by atoms with Crippen LogP contribution in [-0.2, 0) is 6.54 Å². The lowest BCUT2D eigenvalue weighted by molar-refractivity contribution is 0.135. The van der Waals surface area contributed by atoms with Gasteiger partial charge in [-0.1, -0.05) is 25.1 Å². The molecular weight excluding hydrogens is 282 g/mol. The molecule has 1 aromatic rings. The highest BCUT2D eigenvalue weighted by Gasteiger charge is 2.33. The van der Waals surface area contributed by atoms with Crippen LogP contribution in [0, 0.1) is 5.41 Å². The van der Waals surface area contributed by atoms with Crippen LogP contribution in [0.1, 0.15) is 25.8 Å². The first-order valence-electron chi connectivity index (χ1n) is 7.81. The number of benzene rings is 1. The molecule has 2 heterocycles. The predicted octanol–water partition coefficient (Wildman–Crippen LogP) is 2.75. The van der Waals surface area contributed by atoms with Crippen LogP contribution in [0.25, 0.3) is 0 Å². The van der Waals surface area contributed by atoms with E-state index >= 15 is 0 Å². The molecular formula is C17H28ClN3. The monoisotopic (exact) mass is 309 g/mol. The van der Waals surface area contributed by atoms with Gasteiger partial charge in [-0.15, -0.1) is 12.4 Å². The van der Waals surface area contributed by atoms with Gasteiger partial charge in [0.15, 0.2) is 0 Å². The smallest absolute Gasteiger partial charge is 0.0409 e. The van der Waals surface area contributed by atoms with Crippen LogP contribution in [-0.4, -0.2) is 44.2 Å². The van der Waals surface area contributed by atoms with Crippen LogP contribution in [0.15, 0.2) is 24.3 Å². The van der Waals surface area contributed by atoms with Crippen molar-refractivity contribution < 1.29 is 0 Å². The van der Waals surface area contributed by atoms with Crippen molar-refractivity contribution in [3.63, 3.8) is 0 Å². The largest absolute Gasteiger partial charge is 0.373 e. The van der Waals surface area contributed by atoms with E-state index in [1.807, 2.05) is 0 Å². The number of likely N-dealkylation sites (N-methyl/N-ethyl adjacent to an activating group) is 1. The Bertz CT molecular complexity index is 471. The fourth-order valence-electron chi connectivity index (χ4n) is 3.71. The topological polar surface area (TPSA) is 18.5 Å². The van der Waals surface area contributed by atoms with E-state index in [2.05, 4.69) is 60.3 Å². The number of rotatable bonds is 2. The van der Waals surface area contributed by atoms with E-state index < -0.39 is 0 Å². The molecule has 0 aliphatic carbocycles. The molecule has 2 aliphatic heterocycles. The van der Waals surface area contributed by atoms with Crippen molar-refractivity contribution in [1.29, 1.82) is 0 Å². The second-order valence-electron chi connectivity index (χ2n) is 7.00. The molecule has 1 N–H and O–H groups in total. The van der Waals surface area contributed by atoms with Gasteiger partial charge in [0.1, 0.15) is 0 Å². The summed E-state index contributed by atoms with van der Waals surface area (Å²) in [5, 5.41) is 3.52. The van der Waals surface area contributed by atoms with Crippen molar-refractivity contribution in [3.05, 3.63) is 29.8 Å². The number of fused-ring (bicyclic) bond motifs is 1. The summed E-state index contributed by atoms with van der Waals surface area (Å²) in [6, 6.07) is 9.46. The van der Waals surface area contributed by atoms with E-state index in [4.69, 9.17) is 0 Å². The van der Waals surface area contributed by atoms with E-state index in [1.54, 1.807) is 0 Å². The van der Waals surface area contributed by atoms with Crippen molar-refractivity contribution in [2.75, 3.05) is 38.1 Å². The molecule has 4 heteroatoms. The summed E-state index contributed by atoms with van der Waals surface area (Å²) in [4.78, 5) is 5.09. The van der Waals surface area contributed by atoms with Crippen LogP contribution in [0.2, 0.25) is 0 Å². The number of hydrogen-bond donors (Lipinski definition) is 1. The Hall–Kier alpha value is -0.770. The Morgan fingerprint density at radius 3 is 2.81 bits per heavy atom. The fraction of sp³-hybridized carbons (Fsp3) is 0.647. The lowest BCUT2D eigenvalue weighted by atomic mass is 9.88. The molecule has 2 aliphatic rings. The molecule has 0 amide bonds. The number of nitrogens with one attached hydrogen (secondary N) is 1. The zero-order valence-corrected chi connectivity index (χ0v) is 14.2. The van der Waals surface area contributed by atoms with Gasteiger partial charge >= 0.3 is 0 Å². The quantitative estimate of drug-likeness (QED) is 0.906. The molecule has 118 valence electrons. The molecule has 21 heavy (non-hydrogen) atoms. The molecule has 3 nitrogen and oxygen atoms in total. The van der Waals surface area contributed by atoms with Gasteiger partial charge in [-0.25, -0.2) is 0 Å². The predicted molar refractivity (Wildman–Crippen MR) is 92.4 cm³/mol. The fourth-order valence-corrected chi connectivity index (χ4v) is 3.71. The second-order valence-corrected chi connectivity index (χ2v) is 7.00. The van der Waals surface area contributed by atoms with Crippen LogP contribution >= 0.6 is 12.4 Å². The van der Waals surface area contributed by atoms with Gasteiger partial charge in [0, 0.05) is 45.0 Å². The first-order chi connectivity index (χ1) is 9.57. The minimum Gasteiger partial charge on any atom is -0.373 e. The summed E-state index contributed by atoms with van der Waals surface area (Å²) in [5.41, 5.74) is 3.30. The van der Waals surface area contributed by atoms with Crippen molar-refractivity contribution >= 4 is 18.1 Å². The SMILES string of the molecule is CC1CN(C)c2ccccc2CN1CC1(C)CCNC1.Cl. The lowest BCUT2D eigenvalue weighted by Crippen LogP contribution is -2.44. The Morgan fingerprint density at radius 1 is 1.33 bits per heavy atom. The van der Waals surface area contributed by atoms with Gasteiger partial charge in [0.25, 0.3) is 0 Å². The number of para-hydroxylation sites is 1. The number of nitrogens with zero attached hydrogens (tertiary/aromatic N) is 2. The van der Waals surface area contributed by atoms with Crippen LogP contribution < -0.4 is 10.2 Å². The lowest BCUT2D eigenvalue weighted by Gasteiger charge is -2.35. The van der Waals surface area contributed by atoms with Crippen molar-refractivity contribution in [1.82, 2.24) is 10.2 Å². The highest BCUT2D eigenvalue weighted by Crippen LogP contribution is 2.31. The van der Waals surface area contributed by atoms with Gasteiger partial charge in [0.2, 0.25) is 0 Å². The summed E-state index contributed by atoms with van der Waals surface area (Å²) < 4.78 is 0. The zero-order valence-electron chi connectivity index (χ0n) is 13.4. The number of halogens is 1. The average molecular weight is 310 g/mol. The van der Waals surface area contributed by atoms with E-state index in [-0.39, 0.29) is 12.4 Å². The molecule has 1 aromatic carbocycles. The minimum atomic E-state index is 0. The van der Waals surface area contributed by atoms with E-state index in [1.165, 1.54) is 30.8 Å². The van der Waals surface area contributed by atoms with Crippen LogP contribution in [0.5, 0.6) is 0 Å². The normalized spacial score (nSPS) is 29.7. The van der Waals surface area contributed by atoms with Crippen LogP contribution in [0.3, 0.4) is 0 Å². The molecule has 3 rings (SSSR count). The van der Waals surface area contributed by atoms with Crippen molar-refractivity contribution in [2.45, 2.75) is 32.9 Å². The Labute approximate surface area is 135 Å². The number of hydrogen-bond acceptors (Lipinski definition) is 3. The van der Waals surface area contributed by atoms with Gasteiger partial charge in [-0.2, -0.15) is 0 Å². The first-order valence-corrected chi connectivity index (χ1v) is 7.81. The van der Waals surface area contributed by atoms with Crippen LogP contribution in [0.4, 0.5) is 5.69 Å². The Morgan fingerprint density at radius 2 is 2.10 bits per heavy atom. The molecule has 1 saturated heterocycles. The maximum atomic E-state index is 3.52. The van der Waals surface area contributed by atoms with Gasteiger partial charge in [-0.05, 0) is 36.9 Å². The average Bonchev–Trinajstić information content (AvgIpc) is 2.80. The molecule has 0 aromatic heterocycles. The molecule has 0 saturated carbocycles. The highest BCUT2D eigenvalue weighted by atomic mass is 35.5. The third kappa shape index (κ3) is 3.53. The summed E-state index contributed by atoms with van der Waals surface area (Å²) in [6.45, 7) is 10.5. The highest BCUT2D eigenvalue weighted by molar-refractivity contribution is 5.85. The minimum absolute atomic E-state index is 0. The second kappa shape index (κ2) is 6.55. The van der Waals surface area contributed by atoms with Gasteiger partial charge < -0.3 is 10.2 Å². The first kappa shape index (κ1) is 16.6. The van der Waals surface area contributed by atoms with Crippen molar-refractivity contribution in [2.24, 2.45) is 5.41 Å². The standard InChI is InChI=1S/C17H27N3.ClH/c1-14-10-19(3)16-7-5-4-6-15(16)11-20(14)13-17(2)8-9-18-12-17;/h4-7,14,18H,8-13H2,1-3H3;1H. The van der Waals surface area contributed by atoms with Gasteiger partial charge in [0.05, 0.1) is 0 Å². The number of anilines is 1. The molecule has 0 bridgehead atoms. The molecule has 0 radical (unpaired) electrons. The summed E-state index contributed by atoms with van der Waals surface area (Å²) in [6.07, 6.45) is 1.30. The Balaban J connectivity index is 0.00000161. The van der Waals surface area contributed by atoms with E-state index in [0.29, 0.717) is 11.5 Å². The molecule has 1 fully saturated rings. The molecule has 2 unspecified atom stereocenters. The summed E-state index contributed by atoms with van der Waals surface area (Å²) in [7, 11) is 2.22. The molecule has 0 spiro atoms. The summed E-state index contributed by atoms with van der Waals surface area (Å²) in [5.74, 6) is 0. The Kier molecular flexibility index (Phi) is 5.18. The maximum absolute atomic E-state index is 3.52. The zero-order chi connectivity index (χ0) is 14.2. The molecule has 2 atom stereocenters. The third-order valence-corrected chi connectivity index (χ3v) is 4.98. The summed E-state index contributed by atoms with van der Waals surface area (Å²) >= 11 is 0. The van der Waals surface area contributed by atoms with E-state index in [0.717, 1.165) is 19.6 Å². The van der Waals surface area contributed by atoms with E-state index in [9.17, 15) is 0 Å².